The zero-order valence-electron chi connectivity index (χ0n) is 28.3. The number of fused-ring (bicyclic) bond motifs is 3. The van der Waals surface area contributed by atoms with Gasteiger partial charge in [0.25, 0.3) is 0 Å². The van der Waals surface area contributed by atoms with Gasteiger partial charge in [0.15, 0.2) is 32.1 Å². The van der Waals surface area contributed by atoms with Crippen molar-refractivity contribution in [3.05, 3.63) is 24.8 Å². The van der Waals surface area contributed by atoms with Gasteiger partial charge in [0.1, 0.15) is 11.7 Å². The molecule has 8 atom stereocenters. The zero-order chi connectivity index (χ0) is 33.0. The minimum Gasteiger partial charge on any atom is -0.455 e. The number of aliphatic hydroxyl groups is 1. The summed E-state index contributed by atoms with van der Waals surface area (Å²) in [7, 11) is -2.30. The molecule has 0 amide bonds. The lowest BCUT2D eigenvalue weighted by molar-refractivity contribution is -0.357. The van der Waals surface area contributed by atoms with E-state index in [1.165, 1.54) is 12.2 Å². The summed E-state index contributed by atoms with van der Waals surface area (Å²) in [6, 6.07) is 0. The fourth-order valence-corrected chi connectivity index (χ4v) is 9.10. The number of carbonyl (C=O) groups is 3. The Bertz CT molecular complexity index is 1160. The van der Waals surface area contributed by atoms with E-state index in [-0.39, 0.29) is 11.5 Å². The van der Waals surface area contributed by atoms with Gasteiger partial charge in [-0.2, -0.15) is 0 Å². The molecule has 0 aromatic rings. The van der Waals surface area contributed by atoms with E-state index in [9.17, 15) is 19.5 Å². The third-order valence-corrected chi connectivity index (χ3v) is 15.4. The maximum atomic E-state index is 14.2. The van der Waals surface area contributed by atoms with E-state index in [1.54, 1.807) is 33.8 Å². The van der Waals surface area contributed by atoms with Crippen molar-refractivity contribution in [3.63, 3.8) is 0 Å². The molecular formula is C33H54O9Si. The highest BCUT2D eigenvalue weighted by Gasteiger charge is 2.80. The molecule has 10 heteroatoms. The highest BCUT2D eigenvalue weighted by atomic mass is 28.4. The van der Waals surface area contributed by atoms with Gasteiger partial charge < -0.3 is 28.5 Å². The number of Topliss-reactive ketones (excluding diaryl/α,β-unsaturated/α-hetero) is 1. The molecule has 1 heterocycles. The van der Waals surface area contributed by atoms with Gasteiger partial charge >= 0.3 is 12.1 Å². The van der Waals surface area contributed by atoms with Gasteiger partial charge in [-0.15, -0.1) is 6.58 Å². The van der Waals surface area contributed by atoms with Crippen LogP contribution in [0, 0.1) is 16.7 Å². The van der Waals surface area contributed by atoms with E-state index in [4.69, 9.17) is 23.4 Å². The Hall–Kier alpha value is -2.01. The van der Waals surface area contributed by atoms with Crippen LogP contribution in [0.3, 0.4) is 0 Å². The van der Waals surface area contributed by atoms with Gasteiger partial charge in [0.2, 0.25) is 0 Å². The van der Waals surface area contributed by atoms with Crippen molar-refractivity contribution < 1.29 is 42.9 Å². The van der Waals surface area contributed by atoms with Crippen molar-refractivity contribution in [1.29, 1.82) is 0 Å². The van der Waals surface area contributed by atoms with Crippen LogP contribution in [-0.2, 0) is 33.0 Å². The van der Waals surface area contributed by atoms with Gasteiger partial charge in [-0.3, -0.25) is 4.79 Å². The average molecular weight is 623 g/mol. The van der Waals surface area contributed by atoms with Crippen molar-refractivity contribution >= 4 is 26.2 Å². The Labute approximate surface area is 258 Å². The highest BCUT2D eigenvalue weighted by Crippen LogP contribution is 2.67. The Morgan fingerprint density at radius 1 is 1.12 bits per heavy atom. The first kappa shape index (κ1) is 35.5. The molecular weight excluding hydrogens is 568 g/mol. The lowest BCUT2D eigenvalue weighted by atomic mass is 9.40. The fraction of sp³-hybridized carbons (Fsp3) is 0.788. The molecule has 1 unspecified atom stereocenters. The third kappa shape index (κ3) is 5.89. The van der Waals surface area contributed by atoms with Crippen LogP contribution in [0.1, 0.15) is 94.9 Å². The van der Waals surface area contributed by atoms with Gasteiger partial charge in [0, 0.05) is 23.8 Å². The summed E-state index contributed by atoms with van der Waals surface area (Å²) in [6.07, 6.45) is 1.76. The van der Waals surface area contributed by atoms with Gasteiger partial charge in [-0.1, -0.05) is 60.1 Å². The predicted molar refractivity (Wildman–Crippen MR) is 166 cm³/mol. The van der Waals surface area contributed by atoms with Crippen LogP contribution in [0.5, 0.6) is 0 Å². The zero-order valence-corrected chi connectivity index (χ0v) is 29.3. The van der Waals surface area contributed by atoms with Crippen molar-refractivity contribution in [3.8, 4) is 0 Å². The number of hydrogen-bond donors (Lipinski definition) is 1. The minimum absolute atomic E-state index is 0.108. The van der Waals surface area contributed by atoms with Crippen LogP contribution in [0.25, 0.3) is 0 Å². The Morgan fingerprint density at radius 3 is 2.26 bits per heavy atom. The number of allylic oxidation sites excluding steroid dienone is 1. The van der Waals surface area contributed by atoms with Gasteiger partial charge in [-0.25, -0.2) is 9.59 Å². The summed E-state index contributed by atoms with van der Waals surface area (Å²) in [5, 5.41) is 12.7. The fourth-order valence-electron chi connectivity index (χ4n) is 7.87. The van der Waals surface area contributed by atoms with Crippen LogP contribution in [0.4, 0.5) is 4.79 Å². The second-order valence-electron chi connectivity index (χ2n) is 15.5. The SMILES string of the molecule is C=C[C@@]1(C)CC(=O)[C@]2(O)[C@@]3(C)CCCC(C)(C)[C@@H]3[C@H](OC(=O)C=CC)[C@H](OC(=O)OC(C)O[Si](C)(C)C(C)(C)C)[C@@]2(C)O1. The van der Waals surface area contributed by atoms with E-state index in [2.05, 4.69) is 27.4 Å². The first-order chi connectivity index (χ1) is 19.4. The molecule has 1 saturated heterocycles. The maximum absolute atomic E-state index is 14.2. The average Bonchev–Trinajstić information content (AvgIpc) is 2.83. The van der Waals surface area contributed by atoms with E-state index >= 15 is 0 Å². The number of carbonyl (C=O) groups excluding carboxylic acids is 3. The van der Waals surface area contributed by atoms with Crippen LogP contribution in [0.15, 0.2) is 24.8 Å². The van der Waals surface area contributed by atoms with E-state index in [1.807, 2.05) is 33.9 Å². The Balaban J connectivity index is 2.17. The molecule has 0 bridgehead atoms. The van der Waals surface area contributed by atoms with Gasteiger partial charge in [0.05, 0.1) is 5.60 Å². The molecule has 0 radical (unpaired) electrons. The van der Waals surface area contributed by atoms with E-state index < -0.39 is 78.3 Å². The first-order valence-electron chi connectivity index (χ1n) is 15.4. The standard InChI is InChI=1S/C33H54O9Si/c1-14-17-23(35)39-24-25-29(7,8)18-16-19-31(25,10)33(37)22(34)20-30(9,15-2)42-32(33,11)26(24)40-27(36)38-21(3)41-43(12,13)28(4,5)6/h14-15,17,21,24-26,37H,2,16,18-20H2,1,3-13H3/t21?,24-,25-,26-,30-,31-,32+,33-/m0/s1. The van der Waals surface area contributed by atoms with Crippen molar-refractivity contribution in [2.24, 2.45) is 16.7 Å². The highest BCUT2D eigenvalue weighted by molar-refractivity contribution is 6.74. The molecule has 9 nitrogen and oxygen atoms in total. The first-order valence-corrected chi connectivity index (χ1v) is 18.3. The summed E-state index contributed by atoms with van der Waals surface area (Å²) in [5.74, 6) is -1.63. The summed E-state index contributed by atoms with van der Waals surface area (Å²) in [6.45, 7) is 26.7. The number of ether oxygens (including phenoxy) is 4. The maximum Gasteiger partial charge on any atom is 0.511 e. The molecule has 3 aliphatic rings. The lowest BCUT2D eigenvalue weighted by Gasteiger charge is -2.70. The van der Waals surface area contributed by atoms with Crippen LogP contribution < -0.4 is 0 Å². The number of hydrogen-bond acceptors (Lipinski definition) is 9. The number of ketones is 1. The summed E-state index contributed by atoms with van der Waals surface area (Å²) in [5.41, 5.74) is -6.66. The molecule has 3 rings (SSSR count). The van der Waals surface area contributed by atoms with E-state index in [0.717, 1.165) is 12.8 Å². The quantitative estimate of drug-likeness (QED) is 0.110. The van der Waals surface area contributed by atoms with Crippen LogP contribution in [-0.4, -0.2) is 66.6 Å². The van der Waals surface area contributed by atoms with Crippen LogP contribution >= 0.6 is 0 Å². The molecule has 3 fully saturated rings. The predicted octanol–water partition coefficient (Wildman–Crippen LogP) is 6.63. The van der Waals surface area contributed by atoms with Crippen molar-refractivity contribution in [2.75, 3.05) is 0 Å². The second kappa shape index (κ2) is 11.4. The molecule has 0 spiro atoms. The Kier molecular flexibility index (Phi) is 9.41. The minimum atomic E-state index is -2.30. The summed E-state index contributed by atoms with van der Waals surface area (Å²) < 4.78 is 30.7. The summed E-state index contributed by atoms with van der Waals surface area (Å²) in [4.78, 5) is 40.8. The molecule has 244 valence electrons. The molecule has 1 N–H and O–H groups in total. The van der Waals surface area contributed by atoms with Crippen LogP contribution in [0.2, 0.25) is 18.1 Å². The third-order valence-electron chi connectivity index (χ3n) is 10.9. The molecule has 1 aliphatic heterocycles. The molecule has 2 aliphatic carbocycles. The number of esters is 1. The topological polar surface area (TPSA) is 118 Å². The van der Waals surface area contributed by atoms with Crippen molar-refractivity contribution in [1.82, 2.24) is 0 Å². The lowest BCUT2D eigenvalue weighted by Crippen LogP contribution is -2.85. The molecule has 2 saturated carbocycles. The summed E-state index contributed by atoms with van der Waals surface area (Å²) >= 11 is 0. The Morgan fingerprint density at radius 2 is 1.72 bits per heavy atom. The second-order valence-corrected chi connectivity index (χ2v) is 20.3. The largest absolute Gasteiger partial charge is 0.511 e. The van der Waals surface area contributed by atoms with Gasteiger partial charge in [-0.05, 0) is 64.1 Å². The normalized spacial score (nSPS) is 38.4. The number of rotatable bonds is 7. The molecule has 0 aromatic heterocycles. The smallest absolute Gasteiger partial charge is 0.455 e. The van der Waals surface area contributed by atoms with E-state index in [0.29, 0.717) is 6.42 Å². The monoisotopic (exact) mass is 622 g/mol. The molecule has 43 heavy (non-hydrogen) atoms. The molecule has 0 aromatic carbocycles. The van der Waals surface area contributed by atoms with Crippen molar-refractivity contribution in [2.45, 2.75) is 148 Å².